The standard InChI is InChI=1S/C16H17ClN2O2/c1-11-10-14(6-7-15(11)17)21-13-4-2-12(3-5-13)8-9-20-16(18)19/h2-7,10H,8-9H2,1H3,(H3,18,19). The first-order chi connectivity index (χ1) is 10.0. The van der Waals surface area contributed by atoms with Crippen molar-refractivity contribution in [2.45, 2.75) is 13.3 Å². The third-order valence-corrected chi connectivity index (χ3v) is 3.36. The molecule has 0 amide bonds. The first-order valence-electron chi connectivity index (χ1n) is 6.54. The van der Waals surface area contributed by atoms with E-state index in [0.29, 0.717) is 13.0 Å². The van der Waals surface area contributed by atoms with Gasteiger partial charge in [0.05, 0.1) is 6.61 Å². The van der Waals surface area contributed by atoms with E-state index in [4.69, 9.17) is 32.2 Å². The zero-order valence-electron chi connectivity index (χ0n) is 11.7. The number of ether oxygens (including phenoxy) is 2. The van der Waals surface area contributed by atoms with Gasteiger partial charge in [0.25, 0.3) is 6.02 Å². The Bertz CT molecular complexity index is 627. The number of nitrogens with two attached hydrogens (primary N) is 1. The number of nitrogens with one attached hydrogen (secondary N) is 1. The molecule has 0 bridgehead atoms. The number of benzene rings is 2. The largest absolute Gasteiger partial charge is 0.465 e. The lowest BCUT2D eigenvalue weighted by Crippen LogP contribution is -2.15. The van der Waals surface area contributed by atoms with Crippen LogP contribution in [0.4, 0.5) is 0 Å². The molecule has 0 saturated heterocycles. The second-order valence-electron chi connectivity index (χ2n) is 4.62. The summed E-state index contributed by atoms with van der Waals surface area (Å²) in [4.78, 5) is 0. The Morgan fingerprint density at radius 1 is 1.14 bits per heavy atom. The summed E-state index contributed by atoms with van der Waals surface area (Å²) in [6, 6.07) is 13.0. The third-order valence-electron chi connectivity index (χ3n) is 2.94. The summed E-state index contributed by atoms with van der Waals surface area (Å²) in [6.07, 6.45) is 0.694. The number of halogens is 1. The minimum atomic E-state index is -0.256. The SMILES string of the molecule is Cc1cc(Oc2ccc(CCOC(=N)N)cc2)ccc1Cl. The van der Waals surface area contributed by atoms with Crippen molar-refractivity contribution in [2.75, 3.05) is 6.61 Å². The van der Waals surface area contributed by atoms with Gasteiger partial charge in [-0.25, -0.2) is 0 Å². The number of amidine groups is 1. The predicted octanol–water partition coefficient (Wildman–Crippen LogP) is 3.89. The number of rotatable bonds is 5. The maximum Gasteiger partial charge on any atom is 0.279 e. The van der Waals surface area contributed by atoms with Crippen molar-refractivity contribution >= 4 is 17.6 Å². The van der Waals surface area contributed by atoms with Crippen LogP contribution in [0.25, 0.3) is 0 Å². The number of hydrogen-bond acceptors (Lipinski definition) is 3. The van der Waals surface area contributed by atoms with E-state index in [1.807, 2.05) is 49.4 Å². The van der Waals surface area contributed by atoms with Crippen molar-refractivity contribution in [2.24, 2.45) is 5.73 Å². The Balaban J connectivity index is 1.95. The normalized spacial score (nSPS) is 10.2. The molecule has 0 atom stereocenters. The molecule has 110 valence electrons. The van der Waals surface area contributed by atoms with Crippen LogP contribution >= 0.6 is 11.6 Å². The molecule has 4 nitrogen and oxygen atoms in total. The van der Waals surface area contributed by atoms with Crippen LogP contribution in [0.2, 0.25) is 5.02 Å². The summed E-state index contributed by atoms with van der Waals surface area (Å²) in [6.45, 7) is 2.33. The summed E-state index contributed by atoms with van der Waals surface area (Å²) in [5.74, 6) is 1.51. The average molecular weight is 305 g/mol. The molecule has 0 unspecified atom stereocenters. The van der Waals surface area contributed by atoms with Crippen LogP contribution < -0.4 is 10.5 Å². The van der Waals surface area contributed by atoms with Crippen LogP contribution in [0.3, 0.4) is 0 Å². The molecule has 0 aliphatic heterocycles. The average Bonchev–Trinajstić information content (AvgIpc) is 2.44. The fourth-order valence-corrected chi connectivity index (χ4v) is 1.94. The monoisotopic (exact) mass is 304 g/mol. The Kier molecular flexibility index (Phi) is 5.06. The number of aryl methyl sites for hydroxylation is 1. The third kappa shape index (κ3) is 4.68. The molecule has 0 heterocycles. The summed E-state index contributed by atoms with van der Waals surface area (Å²) >= 11 is 5.98. The lowest BCUT2D eigenvalue weighted by Gasteiger charge is -2.08. The van der Waals surface area contributed by atoms with Gasteiger partial charge in [-0.2, -0.15) is 0 Å². The molecule has 0 spiro atoms. The van der Waals surface area contributed by atoms with Gasteiger partial charge in [0.15, 0.2) is 0 Å². The predicted molar refractivity (Wildman–Crippen MR) is 84.3 cm³/mol. The first kappa shape index (κ1) is 15.2. The Hall–Kier alpha value is -2.20. The van der Waals surface area contributed by atoms with E-state index in [9.17, 15) is 0 Å². The lowest BCUT2D eigenvalue weighted by atomic mass is 10.1. The highest BCUT2D eigenvalue weighted by molar-refractivity contribution is 6.31. The highest BCUT2D eigenvalue weighted by atomic mass is 35.5. The van der Waals surface area contributed by atoms with Gasteiger partial charge in [0.2, 0.25) is 0 Å². The zero-order valence-corrected chi connectivity index (χ0v) is 12.5. The van der Waals surface area contributed by atoms with Gasteiger partial charge in [-0.3, -0.25) is 5.41 Å². The van der Waals surface area contributed by atoms with E-state index in [1.54, 1.807) is 0 Å². The molecule has 3 N–H and O–H groups in total. The minimum absolute atomic E-state index is 0.256. The van der Waals surface area contributed by atoms with Crippen LogP contribution in [0.1, 0.15) is 11.1 Å². The molecule has 2 rings (SSSR count). The molecule has 2 aromatic rings. The molecule has 0 aliphatic rings. The molecule has 0 radical (unpaired) electrons. The molecular weight excluding hydrogens is 288 g/mol. The second kappa shape index (κ2) is 6.99. The highest BCUT2D eigenvalue weighted by Crippen LogP contribution is 2.26. The van der Waals surface area contributed by atoms with Gasteiger partial charge in [0.1, 0.15) is 11.5 Å². The zero-order chi connectivity index (χ0) is 15.2. The minimum Gasteiger partial charge on any atom is -0.465 e. The summed E-state index contributed by atoms with van der Waals surface area (Å²) in [5, 5.41) is 7.70. The van der Waals surface area contributed by atoms with E-state index in [0.717, 1.165) is 27.6 Å². The Labute approximate surface area is 129 Å². The topological polar surface area (TPSA) is 68.3 Å². The molecule has 0 fully saturated rings. The smallest absolute Gasteiger partial charge is 0.279 e. The molecule has 0 aliphatic carbocycles. The molecule has 2 aromatic carbocycles. The molecule has 0 aromatic heterocycles. The van der Waals surface area contributed by atoms with Crippen molar-refractivity contribution in [3.8, 4) is 11.5 Å². The molecule has 21 heavy (non-hydrogen) atoms. The van der Waals surface area contributed by atoms with Crippen LogP contribution in [0.15, 0.2) is 42.5 Å². The van der Waals surface area contributed by atoms with E-state index in [2.05, 4.69) is 0 Å². The van der Waals surface area contributed by atoms with Gasteiger partial charge in [-0.05, 0) is 48.4 Å². The van der Waals surface area contributed by atoms with Crippen LogP contribution in [0.5, 0.6) is 11.5 Å². The van der Waals surface area contributed by atoms with E-state index in [1.165, 1.54) is 0 Å². The van der Waals surface area contributed by atoms with Crippen LogP contribution in [-0.2, 0) is 11.2 Å². The Morgan fingerprint density at radius 3 is 2.43 bits per heavy atom. The van der Waals surface area contributed by atoms with Crippen LogP contribution in [0, 0.1) is 12.3 Å². The first-order valence-corrected chi connectivity index (χ1v) is 6.92. The van der Waals surface area contributed by atoms with Gasteiger partial charge in [0, 0.05) is 11.4 Å². The lowest BCUT2D eigenvalue weighted by molar-refractivity contribution is 0.301. The molecule has 0 saturated carbocycles. The second-order valence-corrected chi connectivity index (χ2v) is 5.03. The van der Waals surface area contributed by atoms with E-state index >= 15 is 0 Å². The van der Waals surface area contributed by atoms with Crippen molar-refractivity contribution in [1.82, 2.24) is 0 Å². The van der Waals surface area contributed by atoms with Crippen molar-refractivity contribution < 1.29 is 9.47 Å². The van der Waals surface area contributed by atoms with Gasteiger partial charge in [-0.15, -0.1) is 0 Å². The van der Waals surface area contributed by atoms with Crippen molar-refractivity contribution in [3.63, 3.8) is 0 Å². The Morgan fingerprint density at radius 2 is 1.81 bits per heavy atom. The van der Waals surface area contributed by atoms with E-state index < -0.39 is 0 Å². The summed E-state index contributed by atoms with van der Waals surface area (Å²) in [7, 11) is 0. The van der Waals surface area contributed by atoms with E-state index in [-0.39, 0.29) is 6.02 Å². The summed E-state index contributed by atoms with van der Waals surface area (Å²) in [5.41, 5.74) is 7.19. The molecular formula is C16H17ClN2O2. The van der Waals surface area contributed by atoms with Gasteiger partial charge >= 0.3 is 0 Å². The maximum atomic E-state index is 6.98. The summed E-state index contributed by atoms with van der Waals surface area (Å²) < 4.78 is 10.7. The molecule has 5 heteroatoms. The quantitative estimate of drug-likeness (QED) is 0.650. The fraction of sp³-hybridized carbons (Fsp3) is 0.188. The number of hydrogen-bond donors (Lipinski definition) is 2. The van der Waals surface area contributed by atoms with Crippen molar-refractivity contribution in [1.29, 1.82) is 5.41 Å². The van der Waals surface area contributed by atoms with Crippen LogP contribution in [-0.4, -0.2) is 12.6 Å². The van der Waals surface area contributed by atoms with Gasteiger partial charge < -0.3 is 15.2 Å². The maximum absolute atomic E-state index is 6.98. The fourth-order valence-electron chi connectivity index (χ4n) is 1.82. The van der Waals surface area contributed by atoms with Gasteiger partial charge in [-0.1, -0.05) is 23.7 Å². The highest BCUT2D eigenvalue weighted by Gasteiger charge is 2.01. The van der Waals surface area contributed by atoms with Crippen molar-refractivity contribution in [3.05, 3.63) is 58.6 Å².